The second kappa shape index (κ2) is 8.81. The Hall–Kier alpha value is -1.40. The highest BCUT2D eigenvalue weighted by Crippen LogP contribution is 2.15. The maximum atomic E-state index is 12.8. The number of hydrogen-bond acceptors (Lipinski definition) is 4. The van der Waals surface area contributed by atoms with E-state index in [2.05, 4.69) is 4.90 Å². The Balaban J connectivity index is 2.04. The fourth-order valence-electron chi connectivity index (χ4n) is 3.21. The number of carbonyl (C=O) groups excluding carboxylic acids is 1. The zero-order chi connectivity index (χ0) is 18.4. The quantitative estimate of drug-likeness (QED) is 0.777. The summed E-state index contributed by atoms with van der Waals surface area (Å²) in [5.41, 5.74) is 0.539. The van der Waals surface area contributed by atoms with E-state index in [0.717, 1.165) is 19.6 Å². The topological polar surface area (TPSA) is 57.7 Å². The molecule has 5 nitrogen and oxygen atoms in total. The van der Waals surface area contributed by atoms with Crippen LogP contribution in [0.1, 0.15) is 49.9 Å². The van der Waals surface area contributed by atoms with Crippen LogP contribution in [0.15, 0.2) is 29.2 Å². The number of hydrogen-bond donors (Lipinski definition) is 0. The first-order valence-corrected chi connectivity index (χ1v) is 11.0. The molecule has 1 aromatic rings. The summed E-state index contributed by atoms with van der Waals surface area (Å²) in [5.74, 6) is -0.0372. The molecule has 0 bridgehead atoms. The van der Waals surface area contributed by atoms with Crippen LogP contribution in [0.5, 0.6) is 0 Å². The van der Waals surface area contributed by atoms with Crippen LogP contribution in [0.3, 0.4) is 0 Å². The van der Waals surface area contributed by atoms with E-state index < -0.39 is 9.84 Å². The largest absolute Gasteiger partial charge is 0.335 e. The smallest absolute Gasteiger partial charge is 0.254 e. The summed E-state index contributed by atoms with van der Waals surface area (Å²) < 4.78 is 23.1. The highest BCUT2D eigenvalue weighted by atomic mass is 32.2. The average molecular weight is 367 g/mol. The van der Waals surface area contributed by atoms with Crippen LogP contribution in [0.2, 0.25) is 0 Å². The van der Waals surface area contributed by atoms with E-state index in [1.807, 2.05) is 18.7 Å². The Bertz CT molecular complexity index is 660. The van der Waals surface area contributed by atoms with Gasteiger partial charge in [0.2, 0.25) is 0 Å². The van der Waals surface area contributed by atoms with Crippen molar-refractivity contribution >= 4 is 15.7 Å². The zero-order valence-corrected chi connectivity index (χ0v) is 16.4. The van der Waals surface area contributed by atoms with E-state index in [-0.39, 0.29) is 16.8 Å². The summed E-state index contributed by atoms with van der Waals surface area (Å²) in [4.78, 5) is 17.4. The monoisotopic (exact) mass is 366 g/mol. The standard InChI is InChI=1S/C19H30N2O3S/c1-16(2)21(15-14-20-12-6-4-5-7-13-20)19(22)17-8-10-18(11-9-17)25(3,23)24/h8-11,16H,4-7,12-15H2,1-3H3. The second-order valence-electron chi connectivity index (χ2n) is 7.14. The third kappa shape index (κ3) is 5.82. The lowest BCUT2D eigenvalue weighted by Gasteiger charge is -2.30. The van der Waals surface area contributed by atoms with Gasteiger partial charge in [-0.3, -0.25) is 4.79 Å². The van der Waals surface area contributed by atoms with Crippen molar-refractivity contribution < 1.29 is 13.2 Å². The van der Waals surface area contributed by atoms with Crippen LogP contribution in [0.4, 0.5) is 0 Å². The number of rotatable bonds is 6. The van der Waals surface area contributed by atoms with Gasteiger partial charge in [0, 0.05) is 31.0 Å². The van der Waals surface area contributed by atoms with E-state index in [9.17, 15) is 13.2 Å². The summed E-state index contributed by atoms with van der Waals surface area (Å²) in [6.45, 7) is 7.86. The molecule has 25 heavy (non-hydrogen) atoms. The summed E-state index contributed by atoms with van der Waals surface area (Å²) in [7, 11) is -3.24. The molecule has 1 aromatic carbocycles. The molecule has 1 saturated heterocycles. The molecule has 0 aliphatic carbocycles. The molecular formula is C19H30N2O3S. The van der Waals surface area contributed by atoms with Crippen molar-refractivity contribution in [3.05, 3.63) is 29.8 Å². The van der Waals surface area contributed by atoms with Crippen molar-refractivity contribution in [2.45, 2.75) is 50.5 Å². The number of likely N-dealkylation sites (tertiary alicyclic amines) is 1. The molecule has 0 N–H and O–H groups in total. The van der Waals surface area contributed by atoms with Gasteiger partial charge in [-0.1, -0.05) is 12.8 Å². The van der Waals surface area contributed by atoms with Gasteiger partial charge in [0.1, 0.15) is 0 Å². The van der Waals surface area contributed by atoms with Crippen LogP contribution in [0, 0.1) is 0 Å². The van der Waals surface area contributed by atoms with E-state index in [0.29, 0.717) is 12.1 Å². The zero-order valence-electron chi connectivity index (χ0n) is 15.6. The minimum absolute atomic E-state index is 0.0372. The highest BCUT2D eigenvalue weighted by molar-refractivity contribution is 7.90. The van der Waals surface area contributed by atoms with E-state index in [1.54, 1.807) is 12.1 Å². The third-order valence-corrected chi connectivity index (χ3v) is 5.90. The molecule has 0 spiro atoms. The molecule has 0 atom stereocenters. The van der Waals surface area contributed by atoms with Crippen molar-refractivity contribution in [3.63, 3.8) is 0 Å². The maximum Gasteiger partial charge on any atom is 0.254 e. The van der Waals surface area contributed by atoms with Crippen LogP contribution in [-0.4, -0.2) is 62.6 Å². The fourth-order valence-corrected chi connectivity index (χ4v) is 3.84. The predicted molar refractivity (Wildman–Crippen MR) is 101 cm³/mol. The molecule has 2 rings (SSSR count). The molecule has 0 aromatic heterocycles. The van der Waals surface area contributed by atoms with Gasteiger partial charge >= 0.3 is 0 Å². The van der Waals surface area contributed by atoms with Gasteiger partial charge in [-0.05, 0) is 64.0 Å². The number of carbonyl (C=O) groups is 1. The molecule has 0 radical (unpaired) electrons. The van der Waals surface area contributed by atoms with Crippen molar-refractivity contribution in [3.8, 4) is 0 Å². The second-order valence-corrected chi connectivity index (χ2v) is 9.16. The summed E-state index contributed by atoms with van der Waals surface area (Å²) in [6, 6.07) is 6.35. The average Bonchev–Trinajstić information content (AvgIpc) is 2.82. The number of amides is 1. The van der Waals surface area contributed by atoms with E-state index in [4.69, 9.17) is 0 Å². The first-order chi connectivity index (χ1) is 11.8. The fraction of sp³-hybridized carbons (Fsp3) is 0.632. The maximum absolute atomic E-state index is 12.8. The molecule has 0 unspecified atom stereocenters. The summed E-state index contributed by atoms with van der Waals surface area (Å²) in [6.07, 6.45) is 6.25. The van der Waals surface area contributed by atoms with Gasteiger partial charge in [-0.15, -0.1) is 0 Å². The van der Waals surface area contributed by atoms with Crippen molar-refractivity contribution in [2.24, 2.45) is 0 Å². The molecule has 0 saturated carbocycles. The first-order valence-electron chi connectivity index (χ1n) is 9.12. The van der Waals surface area contributed by atoms with Gasteiger partial charge in [0.15, 0.2) is 9.84 Å². The summed E-state index contributed by atoms with van der Waals surface area (Å²) in [5, 5.41) is 0. The normalized spacial score (nSPS) is 16.6. The van der Waals surface area contributed by atoms with Gasteiger partial charge in [-0.2, -0.15) is 0 Å². The Morgan fingerprint density at radius 3 is 2.12 bits per heavy atom. The van der Waals surface area contributed by atoms with Crippen molar-refractivity contribution in [1.29, 1.82) is 0 Å². The van der Waals surface area contributed by atoms with Crippen molar-refractivity contribution in [1.82, 2.24) is 9.80 Å². The van der Waals surface area contributed by atoms with Crippen LogP contribution >= 0.6 is 0 Å². The minimum atomic E-state index is -3.24. The predicted octanol–water partition coefficient (Wildman–Crippen LogP) is 2.82. The van der Waals surface area contributed by atoms with E-state index in [1.165, 1.54) is 44.1 Å². The molecule has 140 valence electrons. The summed E-state index contributed by atoms with van der Waals surface area (Å²) >= 11 is 0. The van der Waals surface area contributed by atoms with Gasteiger partial charge in [0.25, 0.3) is 5.91 Å². The first kappa shape index (κ1) is 19.9. The van der Waals surface area contributed by atoms with Crippen LogP contribution in [-0.2, 0) is 9.84 Å². The SMILES string of the molecule is CC(C)N(CCN1CCCCCC1)C(=O)c1ccc(S(C)(=O)=O)cc1. The van der Waals surface area contributed by atoms with Crippen LogP contribution in [0.25, 0.3) is 0 Å². The number of benzene rings is 1. The molecule has 1 amide bonds. The molecule has 1 aliphatic heterocycles. The third-order valence-electron chi connectivity index (χ3n) is 4.77. The number of sulfone groups is 1. The lowest BCUT2D eigenvalue weighted by Crippen LogP contribution is -2.42. The van der Waals surface area contributed by atoms with Crippen molar-refractivity contribution in [2.75, 3.05) is 32.4 Å². The Morgan fingerprint density at radius 2 is 1.64 bits per heavy atom. The number of nitrogens with zero attached hydrogens (tertiary/aromatic N) is 2. The Kier molecular flexibility index (Phi) is 7.02. The van der Waals surface area contributed by atoms with Gasteiger partial charge < -0.3 is 9.80 Å². The molecule has 6 heteroatoms. The molecule has 1 fully saturated rings. The van der Waals surface area contributed by atoms with Gasteiger partial charge in [0.05, 0.1) is 4.90 Å². The minimum Gasteiger partial charge on any atom is -0.335 e. The highest BCUT2D eigenvalue weighted by Gasteiger charge is 2.20. The van der Waals surface area contributed by atoms with Gasteiger partial charge in [-0.25, -0.2) is 8.42 Å². The van der Waals surface area contributed by atoms with Crippen LogP contribution < -0.4 is 0 Å². The molecule has 1 aliphatic rings. The molecular weight excluding hydrogens is 336 g/mol. The van der Waals surface area contributed by atoms with E-state index >= 15 is 0 Å². The Labute approximate surface area is 151 Å². The Morgan fingerprint density at radius 1 is 1.08 bits per heavy atom. The molecule has 1 heterocycles. The lowest BCUT2D eigenvalue weighted by atomic mass is 10.1. The lowest BCUT2D eigenvalue weighted by molar-refractivity contribution is 0.0682.